The number of ether oxygens (including phenoxy) is 1. The van der Waals surface area contributed by atoms with Crippen molar-refractivity contribution in [1.82, 2.24) is 20.0 Å². The highest BCUT2D eigenvalue weighted by molar-refractivity contribution is 6.31. The van der Waals surface area contributed by atoms with Gasteiger partial charge in [-0.2, -0.15) is 5.10 Å². The van der Waals surface area contributed by atoms with E-state index >= 15 is 0 Å². The molecule has 3 atom stereocenters. The number of hydrogen-bond acceptors (Lipinski definition) is 4. The largest absolute Gasteiger partial charge is 0.378 e. The van der Waals surface area contributed by atoms with Crippen LogP contribution in [-0.2, 0) is 11.3 Å². The molecule has 0 bridgehead atoms. The summed E-state index contributed by atoms with van der Waals surface area (Å²) >= 11 is 6.43. The van der Waals surface area contributed by atoms with Gasteiger partial charge in [0.1, 0.15) is 0 Å². The van der Waals surface area contributed by atoms with Crippen molar-refractivity contribution in [2.24, 2.45) is 5.92 Å². The predicted octanol–water partition coefficient (Wildman–Crippen LogP) is 2.17. The normalized spacial score (nSPS) is 23.9. The molecule has 5 nitrogen and oxygen atoms in total. The third kappa shape index (κ3) is 4.19. The maximum Gasteiger partial charge on any atom is 0.0834 e. The van der Waals surface area contributed by atoms with E-state index in [0.717, 1.165) is 43.4 Å². The van der Waals surface area contributed by atoms with E-state index in [0.29, 0.717) is 12.0 Å². The first-order valence-corrected chi connectivity index (χ1v) is 8.11. The monoisotopic (exact) mass is 314 g/mol. The van der Waals surface area contributed by atoms with Crippen molar-refractivity contribution in [3.8, 4) is 0 Å². The zero-order valence-electron chi connectivity index (χ0n) is 13.5. The Morgan fingerprint density at radius 1 is 1.57 bits per heavy atom. The van der Waals surface area contributed by atoms with Gasteiger partial charge in [-0.3, -0.25) is 4.68 Å². The molecule has 1 aromatic heterocycles. The van der Waals surface area contributed by atoms with Crippen LogP contribution in [0.4, 0.5) is 0 Å². The molecular formula is C15H27ClN4O. The van der Waals surface area contributed by atoms with Gasteiger partial charge in [0.05, 0.1) is 42.2 Å². The molecule has 1 N–H and O–H groups in total. The Bertz CT molecular complexity index is 449. The summed E-state index contributed by atoms with van der Waals surface area (Å²) in [6, 6.07) is 0.206. The van der Waals surface area contributed by atoms with E-state index in [4.69, 9.17) is 16.3 Å². The van der Waals surface area contributed by atoms with Crippen LogP contribution in [0.1, 0.15) is 32.0 Å². The number of hydrogen-bond donors (Lipinski definition) is 1. The highest BCUT2D eigenvalue weighted by Gasteiger charge is 2.33. The van der Waals surface area contributed by atoms with Crippen molar-refractivity contribution in [3.63, 3.8) is 0 Å². The Labute approximate surface area is 132 Å². The van der Waals surface area contributed by atoms with Gasteiger partial charge in [0, 0.05) is 12.5 Å². The second-order valence-electron chi connectivity index (χ2n) is 6.08. The first kappa shape index (κ1) is 16.7. The molecule has 6 heteroatoms. The lowest BCUT2D eigenvalue weighted by Crippen LogP contribution is -2.32. The molecule has 0 amide bonds. The van der Waals surface area contributed by atoms with E-state index in [9.17, 15) is 0 Å². The fourth-order valence-electron chi connectivity index (χ4n) is 2.94. The summed E-state index contributed by atoms with van der Waals surface area (Å²) in [6.07, 6.45) is 3.15. The Morgan fingerprint density at radius 2 is 2.33 bits per heavy atom. The molecule has 3 unspecified atom stereocenters. The lowest BCUT2D eigenvalue weighted by Gasteiger charge is -2.25. The van der Waals surface area contributed by atoms with Crippen molar-refractivity contribution < 1.29 is 4.74 Å². The topological polar surface area (TPSA) is 42.3 Å². The van der Waals surface area contributed by atoms with Gasteiger partial charge >= 0.3 is 0 Å². The average Bonchev–Trinajstić information content (AvgIpc) is 3.00. The summed E-state index contributed by atoms with van der Waals surface area (Å²) in [6.45, 7) is 7.74. The van der Waals surface area contributed by atoms with Crippen molar-refractivity contribution in [3.05, 3.63) is 16.9 Å². The molecule has 0 spiro atoms. The number of likely N-dealkylation sites (N-methyl/N-ethyl adjacent to an activating group) is 1. The van der Waals surface area contributed by atoms with Crippen LogP contribution >= 0.6 is 11.6 Å². The molecule has 2 heterocycles. The van der Waals surface area contributed by atoms with Crippen LogP contribution in [0.2, 0.25) is 5.02 Å². The lowest BCUT2D eigenvalue weighted by atomic mass is 9.94. The number of rotatable bonds is 7. The first-order chi connectivity index (χ1) is 10.0. The van der Waals surface area contributed by atoms with Crippen molar-refractivity contribution >= 4 is 11.6 Å². The molecule has 0 aliphatic carbocycles. The molecule has 0 aromatic carbocycles. The highest BCUT2D eigenvalue weighted by Crippen LogP contribution is 2.34. The van der Waals surface area contributed by atoms with Gasteiger partial charge in [0.2, 0.25) is 0 Å². The minimum absolute atomic E-state index is 0.206. The van der Waals surface area contributed by atoms with Crippen LogP contribution in [0, 0.1) is 5.92 Å². The van der Waals surface area contributed by atoms with Gasteiger partial charge in [-0.15, -0.1) is 0 Å². The van der Waals surface area contributed by atoms with Crippen LogP contribution in [0.3, 0.4) is 0 Å². The summed E-state index contributed by atoms with van der Waals surface area (Å²) in [4.78, 5) is 2.16. The van der Waals surface area contributed by atoms with Gasteiger partial charge in [0.15, 0.2) is 0 Å². The zero-order valence-corrected chi connectivity index (χ0v) is 14.2. The molecular weight excluding hydrogens is 288 g/mol. The minimum atomic E-state index is 0.206. The third-order valence-corrected chi connectivity index (χ3v) is 4.30. The Kier molecular flexibility index (Phi) is 6.05. The quantitative estimate of drug-likeness (QED) is 0.837. The van der Waals surface area contributed by atoms with E-state index < -0.39 is 0 Å². The number of aromatic nitrogens is 2. The molecule has 2 rings (SSSR count). The second kappa shape index (κ2) is 7.58. The molecule has 1 fully saturated rings. The summed E-state index contributed by atoms with van der Waals surface area (Å²) < 4.78 is 7.79. The smallest absolute Gasteiger partial charge is 0.0834 e. The summed E-state index contributed by atoms with van der Waals surface area (Å²) in [5, 5.41) is 8.79. The predicted molar refractivity (Wildman–Crippen MR) is 85.7 cm³/mol. The fraction of sp³-hybridized carbons (Fsp3) is 0.800. The Balaban J connectivity index is 2.20. The molecule has 120 valence electrons. The maximum atomic E-state index is 6.43. The van der Waals surface area contributed by atoms with Crippen molar-refractivity contribution in [1.29, 1.82) is 0 Å². The van der Waals surface area contributed by atoms with Gasteiger partial charge in [-0.25, -0.2) is 0 Å². The Morgan fingerprint density at radius 3 is 2.90 bits per heavy atom. The molecule has 0 radical (unpaired) electrons. The molecule has 1 aliphatic heterocycles. The summed E-state index contributed by atoms with van der Waals surface area (Å²) in [5.41, 5.74) is 1.10. The Hall–Kier alpha value is -0.620. The fourth-order valence-corrected chi connectivity index (χ4v) is 3.20. The van der Waals surface area contributed by atoms with Crippen LogP contribution < -0.4 is 5.32 Å². The van der Waals surface area contributed by atoms with Crippen LogP contribution in [-0.4, -0.2) is 54.6 Å². The number of nitrogens with zero attached hydrogens (tertiary/aromatic N) is 3. The third-order valence-electron chi connectivity index (χ3n) is 4.01. The van der Waals surface area contributed by atoms with Crippen LogP contribution in [0.15, 0.2) is 6.20 Å². The van der Waals surface area contributed by atoms with Crippen molar-refractivity contribution in [2.45, 2.75) is 39.0 Å². The second-order valence-corrected chi connectivity index (χ2v) is 6.49. The van der Waals surface area contributed by atoms with E-state index in [1.165, 1.54) is 0 Å². The highest BCUT2D eigenvalue weighted by atomic mass is 35.5. The van der Waals surface area contributed by atoms with E-state index in [-0.39, 0.29) is 6.04 Å². The average molecular weight is 315 g/mol. The van der Waals surface area contributed by atoms with Gasteiger partial charge in [-0.05, 0) is 34.0 Å². The first-order valence-electron chi connectivity index (χ1n) is 7.73. The lowest BCUT2D eigenvalue weighted by molar-refractivity contribution is 0.116. The number of halogens is 1. The molecule has 1 saturated heterocycles. The molecule has 0 saturated carbocycles. The molecule has 21 heavy (non-hydrogen) atoms. The molecule has 1 aliphatic rings. The van der Waals surface area contributed by atoms with Crippen molar-refractivity contribution in [2.75, 3.05) is 33.8 Å². The van der Waals surface area contributed by atoms with E-state index in [2.05, 4.69) is 43.3 Å². The van der Waals surface area contributed by atoms with E-state index in [1.54, 1.807) is 6.20 Å². The van der Waals surface area contributed by atoms with Crippen LogP contribution in [0.5, 0.6) is 0 Å². The molecule has 1 aromatic rings. The zero-order chi connectivity index (χ0) is 15.4. The summed E-state index contributed by atoms with van der Waals surface area (Å²) in [5.74, 6) is 0.451. The van der Waals surface area contributed by atoms with Gasteiger partial charge in [0.25, 0.3) is 0 Å². The number of nitrogens with one attached hydrogen (secondary N) is 1. The van der Waals surface area contributed by atoms with Gasteiger partial charge < -0.3 is 15.0 Å². The van der Waals surface area contributed by atoms with Gasteiger partial charge in [-0.1, -0.05) is 18.5 Å². The van der Waals surface area contributed by atoms with Crippen LogP contribution in [0.25, 0.3) is 0 Å². The maximum absolute atomic E-state index is 6.43. The van der Waals surface area contributed by atoms with E-state index in [1.807, 2.05) is 4.68 Å². The summed E-state index contributed by atoms with van der Waals surface area (Å²) in [7, 11) is 4.14. The standard InChI is InChI=1S/C15H27ClN4O/c1-5-17-14(12-8-11(2)21-10-12)15-13(16)9-18-20(15)7-6-19(3)4/h9,11-12,14,17H,5-8,10H2,1-4H3. The SMILES string of the molecule is CCNC(c1c(Cl)cnn1CCN(C)C)C1COC(C)C1. The minimum Gasteiger partial charge on any atom is -0.378 e.